The molecule has 0 bridgehead atoms. The predicted octanol–water partition coefficient (Wildman–Crippen LogP) is 2.49. The topological polar surface area (TPSA) is 42.3 Å². The number of benzene rings is 1. The molecule has 4 heteroatoms. The van der Waals surface area contributed by atoms with Crippen LogP contribution in [0.2, 0.25) is 0 Å². The summed E-state index contributed by atoms with van der Waals surface area (Å²) in [6.45, 7) is 2.43. The number of aromatic nitrogens is 1. The van der Waals surface area contributed by atoms with E-state index in [4.69, 9.17) is 0 Å². The molecule has 4 nitrogen and oxygen atoms in total. The van der Waals surface area contributed by atoms with E-state index in [9.17, 15) is 9.59 Å². The quantitative estimate of drug-likeness (QED) is 0.839. The average Bonchev–Trinajstić information content (AvgIpc) is 3.08. The van der Waals surface area contributed by atoms with Crippen molar-refractivity contribution in [2.75, 3.05) is 11.4 Å². The Morgan fingerprint density at radius 2 is 1.85 bits per heavy atom. The van der Waals surface area contributed by atoms with Crippen LogP contribution < -0.4 is 4.90 Å². The van der Waals surface area contributed by atoms with Gasteiger partial charge in [-0.25, -0.2) is 0 Å². The van der Waals surface area contributed by atoms with Crippen LogP contribution in [0.15, 0.2) is 48.8 Å². The van der Waals surface area contributed by atoms with Crippen LogP contribution in [0.3, 0.4) is 0 Å². The summed E-state index contributed by atoms with van der Waals surface area (Å²) in [5, 5.41) is 0. The van der Waals surface area contributed by atoms with Crippen LogP contribution in [0.25, 0.3) is 0 Å². The van der Waals surface area contributed by atoms with Crippen molar-refractivity contribution in [2.45, 2.75) is 13.3 Å². The lowest BCUT2D eigenvalue weighted by atomic mass is 10.1. The van der Waals surface area contributed by atoms with E-state index in [0.29, 0.717) is 6.54 Å². The molecule has 0 radical (unpaired) electrons. The van der Waals surface area contributed by atoms with E-state index in [0.717, 1.165) is 11.3 Å². The van der Waals surface area contributed by atoms with Gasteiger partial charge in [-0.3, -0.25) is 14.2 Å². The Balaban J connectivity index is 1.83. The molecule has 0 N–H and O–H groups in total. The Morgan fingerprint density at radius 3 is 2.55 bits per heavy atom. The Labute approximate surface area is 117 Å². The molecule has 2 heterocycles. The molecular weight excluding hydrogens is 252 g/mol. The molecule has 1 amide bonds. The van der Waals surface area contributed by atoms with Crippen LogP contribution in [0.4, 0.5) is 5.69 Å². The number of para-hydroxylation sites is 1. The summed E-state index contributed by atoms with van der Waals surface area (Å²) in [5.41, 5.74) is 1.95. The molecule has 1 aliphatic rings. The highest BCUT2D eigenvalue weighted by Crippen LogP contribution is 2.28. The van der Waals surface area contributed by atoms with Crippen LogP contribution in [0, 0.1) is 12.8 Å². The number of carbonyl (C=O) groups excluding carboxylic acids is 2. The van der Waals surface area contributed by atoms with Crippen molar-refractivity contribution in [3.8, 4) is 0 Å². The first kappa shape index (κ1) is 12.7. The highest BCUT2D eigenvalue weighted by atomic mass is 16.2. The molecule has 1 atom stereocenters. The molecule has 3 rings (SSSR count). The summed E-state index contributed by atoms with van der Waals surface area (Å²) in [6, 6.07) is 11.4. The van der Waals surface area contributed by atoms with Crippen LogP contribution in [-0.4, -0.2) is 22.9 Å². The zero-order valence-corrected chi connectivity index (χ0v) is 11.3. The van der Waals surface area contributed by atoms with Gasteiger partial charge in [0.2, 0.25) is 11.8 Å². The van der Waals surface area contributed by atoms with Crippen molar-refractivity contribution in [1.82, 2.24) is 4.57 Å². The fourth-order valence-electron chi connectivity index (χ4n) is 2.66. The molecule has 0 spiro atoms. The third-order valence-corrected chi connectivity index (χ3v) is 3.74. The van der Waals surface area contributed by atoms with Crippen LogP contribution >= 0.6 is 0 Å². The molecule has 2 aromatic rings. The first-order valence-electron chi connectivity index (χ1n) is 6.70. The van der Waals surface area contributed by atoms with E-state index in [1.165, 1.54) is 0 Å². The standard InChI is InChI=1S/C16H16N2O2/c1-12-6-2-3-7-14(12)18-11-13(10-15(18)19)16(20)17-8-4-5-9-17/h2-9,13H,10-11H2,1H3. The van der Waals surface area contributed by atoms with Gasteiger partial charge in [0.15, 0.2) is 0 Å². The smallest absolute Gasteiger partial charge is 0.235 e. The number of rotatable bonds is 2. The minimum atomic E-state index is -0.269. The third-order valence-electron chi connectivity index (χ3n) is 3.74. The van der Waals surface area contributed by atoms with Crippen molar-refractivity contribution >= 4 is 17.5 Å². The lowest BCUT2D eigenvalue weighted by Gasteiger charge is -2.18. The maximum Gasteiger partial charge on any atom is 0.235 e. The van der Waals surface area contributed by atoms with Gasteiger partial charge in [0.1, 0.15) is 0 Å². The Hall–Kier alpha value is -2.36. The monoisotopic (exact) mass is 268 g/mol. The number of anilines is 1. The number of carbonyl (C=O) groups is 2. The summed E-state index contributed by atoms with van der Waals surface area (Å²) >= 11 is 0. The molecule has 1 fully saturated rings. The van der Waals surface area contributed by atoms with Crippen molar-refractivity contribution in [3.05, 3.63) is 54.4 Å². The molecule has 1 unspecified atom stereocenters. The first-order chi connectivity index (χ1) is 9.66. The zero-order valence-electron chi connectivity index (χ0n) is 11.3. The van der Waals surface area contributed by atoms with Crippen LogP contribution in [-0.2, 0) is 4.79 Å². The fourth-order valence-corrected chi connectivity index (χ4v) is 2.66. The van der Waals surface area contributed by atoms with E-state index in [1.807, 2.05) is 43.3 Å². The van der Waals surface area contributed by atoms with Gasteiger partial charge in [0.05, 0.1) is 5.92 Å². The number of amides is 1. The lowest BCUT2D eigenvalue weighted by molar-refractivity contribution is -0.117. The normalized spacial score (nSPS) is 18.6. The fraction of sp³-hybridized carbons (Fsp3) is 0.250. The van der Waals surface area contributed by atoms with Gasteiger partial charge < -0.3 is 4.90 Å². The molecule has 1 aromatic heterocycles. The highest BCUT2D eigenvalue weighted by molar-refractivity contribution is 6.01. The summed E-state index contributed by atoms with van der Waals surface area (Å²) in [4.78, 5) is 26.2. The number of nitrogens with zero attached hydrogens (tertiary/aromatic N) is 2. The van der Waals surface area contributed by atoms with Gasteiger partial charge in [-0.15, -0.1) is 0 Å². The SMILES string of the molecule is Cc1ccccc1N1CC(C(=O)n2cccc2)CC1=O. The van der Waals surface area contributed by atoms with E-state index >= 15 is 0 Å². The maximum absolute atomic E-state index is 12.3. The molecule has 1 aliphatic heterocycles. The Kier molecular flexibility index (Phi) is 3.14. The van der Waals surface area contributed by atoms with E-state index < -0.39 is 0 Å². The molecule has 20 heavy (non-hydrogen) atoms. The molecule has 0 aliphatic carbocycles. The molecule has 1 aromatic carbocycles. The molecule has 102 valence electrons. The summed E-state index contributed by atoms with van der Waals surface area (Å²) < 4.78 is 1.55. The van der Waals surface area contributed by atoms with Gasteiger partial charge in [-0.05, 0) is 30.7 Å². The molecule has 1 saturated heterocycles. The van der Waals surface area contributed by atoms with E-state index in [-0.39, 0.29) is 24.2 Å². The molecular formula is C16H16N2O2. The molecule has 0 saturated carbocycles. The summed E-state index contributed by atoms with van der Waals surface area (Å²) in [6.07, 6.45) is 3.73. The maximum atomic E-state index is 12.3. The zero-order chi connectivity index (χ0) is 14.1. The van der Waals surface area contributed by atoms with E-state index in [1.54, 1.807) is 21.9 Å². The van der Waals surface area contributed by atoms with Gasteiger partial charge in [-0.2, -0.15) is 0 Å². The minimum absolute atomic E-state index is 0.0144. The highest BCUT2D eigenvalue weighted by Gasteiger charge is 2.35. The van der Waals surface area contributed by atoms with Gasteiger partial charge in [0, 0.05) is 31.0 Å². The van der Waals surface area contributed by atoms with Gasteiger partial charge in [0.25, 0.3) is 0 Å². The van der Waals surface area contributed by atoms with E-state index in [2.05, 4.69) is 0 Å². The van der Waals surface area contributed by atoms with Crippen molar-refractivity contribution < 1.29 is 9.59 Å². The van der Waals surface area contributed by atoms with Crippen molar-refractivity contribution in [1.29, 1.82) is 0 Å². The van der Waals surface area contributed by atoms with Gasteiger partial charge in [-0.1, -0.05) is 18.2 Å². The number of hydrogen-bond acceptors (Lipinski definition) is 2. The Bertz CT molecular complexity index is 646. The first-order valence-corrected chi connectivity index (χ1v) is 6.70. The van der Waals surface area contributed by atoms with Crippen LogP contribution in [0.5, 0.6) is 0 Å². The lowest BCUT2D eigenvalue weighted by Crippen LogP contribution is -2.27. The minimum Gasteiger partial charge on any atom is -0.311 e. The average molecular weight is 268 g/mol. The second-order valence-corrected chi connectivity index (χ2v) is 5.12. The summed E-state index contributed by atoms with van der Waals surface area (Å²) in [7, 11) is 0. The third kappa shape index (κ3) is 2.13. The van der Waals surface area contributed by atoms with Crippen molar-refractivity contribution in [2.24, 2.45) is 5.92 Å². The number of aryl methyl sites for hydroxylation is 1. The van der Waals surface area contributed by atoms with Crippen molar-refractivity contribution in [3.63, 3.8) is 0 Å². The second kappa shape index (κ2) is 4.96. The predicted molar refractivity (Wildman–Crippen MR) is 76.7 cm³/mol. The second-order valence-electron chi connectivity index (χ2n) is 5.12. The largest absolute Gasteiger partial charge is 0.311 e. The summed E-state index contributed by atoms with van der Waals surface area (Å²) in [5.74, 6) is -0.265. The number of hydrogen-bond donors (Lipinski definition) is 0. The Morgan fingerprint density at radius 1 is 1.15 bits per heavy atom. The van der Waals surface area contributed by atoms with Crippen LogP contribution in [0.1, 0.15) is 16.8 Å². The van der Waals surface area contributed by atoms with Gasteiger partial charge >= 0.3 is 0 Å².